The Kier molecular flexibility index (Phi) is 3.31. The second-order valence-corrected chi connectivity index (χ2v) is 4.55. The summed E-state index contributed by atoms with van der Waals surface area (Å²) in [7, 11) is 0. The normalized spacial score (nSPS) is 10.1. The second kappa shape index (κ2) is 4.73. The highest BCUT2D eigenvalue weighted by molar-refractivity contribution is 7.16. The number of fused-ring (bicyclic) bond motifs is 1. The molecule has 0 bridgehead atoms. The number of thiazole rings is 1. The third-order valence-electron chi connectivity index (χ3n) is 2.55. The van der Waals surface area contributed by atoms with Crippen LogP contribution in [0.5, 0.6) is 0 Å². The average molecular weight is 263 g/mol. The molecular formula is C13H11ClN2S. The van der Waals surface area contributed by atoms with Gasteiger partial charge in [-0.3, -0.25) is 0 Å². The van der Waals surface area contributed by atoms with Gasteiger partial charge < -0.3 is 5.73 Å². The molecule has 0 atom stereocenters. The maximum atomic E-state index is 5.78. The third kappa shape index (κ3) is 2.25. The summed E-state index contributed by atoms with van der Waals surface area (Å²) in [6.45, 7) is 0. The predicted octanol–water partition coefficient (Wildman–Crippen LogP) is 3.97. The number of nitrogens with zero attached hydrogens (tertiary/aromatic N) is 1. The minimum Gasteiger partial charge on any atom is -0.399 e. The molecule has 2 N–H and O–H groups in total. The van der Waals surface area contributed by atoms with E-state index in [1.807, 2.05) is 23.7 Å². The Morgan fingerprint density at radius 3 is 2.65 bits per heavy atom. The van der Waals surface area contributed by atoms with Crippen molar-refractivity contribution in [1.29, 1.82) is 0 Å². The van der Waals surface area contributed by atoms with E-state index < -0.39 is 0 Å². The van der Waals surface area contributed by atoms with Gasteiger partial charge in [-0.2, -0.15) is 0 Å². The van der Waals surface area contributed by atoms with Crippen molar-refractivity contribution in [3.05, 3.63) is 48.0 Å². The van der Waals surface area contributed by atoms with Crippen molar-refractivity contribution in [3.63, 3.8) is 0 Å². The molecule has 0 radical (unpaired) electrons. The molecule has 0 saturated heterocycles. The highest BCUT2D eigenvalue weighted by Gasteiger charge is 2.01. The van der Waals surface area contributed by atoms with Gasteiger partial charge in [-0.1, -0.05) is 18.2 Å². The van der Waals surface area contributed by atoms with E-state index in [2.05, 4.69) is 29.2 Å². The van der Waals surface area contributed by atoms with E-state index in [0.717, 1.165) is 22.3 Å². The molecule has 0 aliphatic carbocycles. The van der Waals surface area contributed by atoms with Gasteiger partial charge in [-0.05, 0) is 35.4 Å². The fraction of sp³-hybridized carbons (Fsp3) is 0. The maximum Gasteiger partial charge on any atom is 0.0818 e. The Morgan fingerprint density at radius 1 is 1.00 bits per heavy atom. The van der Waals surface area contributed by atoms with Gasteiger partial charge in [0.2, 0.25) is 0 Å². The van der Waals surface area contributed by atoms with Crippen LogP contribution < -0.4 is 5.73 Å². The first-order chi connectivity index (χ1) is 7.83. The van der Waals surface area contributed by atoms with Gasteiger partial charge in [-0.25, -0.2) is 4.98 Å². The number of aromatic nitrogens is 1. The Hall–Kier alpha value is -1.58. The summed E-state index contributed by atoms with van der Waals surface area (Å²) in [5.74, 6) is 0. The van der Waals surface area contributed by atoms with E-state index in [1.54, 1.807) is 11.3 Å². The monoisotopic (exact) mass is 262 g/mol. The van der Waals surface area contributed by atoms with Crippen LogP contribution >= 0.6 is 23.7 Å². The van der Waals surface area contributed by atoms with Crippen LogP contribution in [0.2, 0.25) is 0 Å². The molecule has 86 valence electrons. The largest absolute Gasteiger partial charge is 0.399 e. The fourth-order valence-electron chi connectivity index (χ4n) is 1.76. The van der Waals surface area contributed by atoms with Gasteiger partial charge in [0.25, 0.3) is 0 Å². The highest BCUT2D eigenvalue weighted by Crippen LogP contribution is 2.26. The summed E-state index contributed by atoms with van der Waals surface area (Å²) in [5.41, 5.74) is 11.8. The van der Waals surface area contributed by atoms with E-state index in [0.29, 0.717) is 0 Å². The minimum absolute atomic E-state index is 0. The standard InChI is InChI=1S/C13H10N2S.ClH/c14-11-3-1-2-9(6-11)10-4-5-13-12(7-10)15-8-16-13;/h1-8H,14H2;1H. The average Bonchev–Trinajstić information content (AvgIpc) is 2.75. The lowest BCUT2D eigenvalue weighted by Gasteiger charge is -2.02. The zero-order chi connectivity index (χ0) is 11.0. The lowest BCUT2D eigenvalue weighted by molar-refractivity contribution is 1.50. The molecule has 1 aromatic heterocycles. The number of benzene rings is 2. The molecule has 0 unspecified atom stereocenters. The first-order valence-electron chi connectivity index (χ1n) is 5.02. The van der Waals surface area contributed by atoms with E-state index in [-0.39, 0.29) is 12.4 Å². The number of halogens is 1. The molecule has 3 rings (SSSR count). The van der Waals surface area contributed by atoms with Crippen molar-refractivity contribution in [1.82, 2.24) is 4.98 Å². The lowest BCUT2D eigenvalue weighted by atomic mass is 10.1. The zero-order valence-corrected chi connectivity index (χ0v) is 10.6. The zero-order valence-electron chi connectivity index (χ0n) is 8.96. The summed E-state index contributed by atoms with van der Waals surface area (Å²) < 4.78 is 1.22. The molecule has 0 spiro atoms. The molecule has 0 saturated carbocycles. The summed E-state index contributed by atoms with van der Waals surface area (Å²) in [5, 5.41) is 0. The van der Waals surface area contributed by atoms with Crippen molar-refractivity contribution in [3.8, 4) is 11.1 Å². The van der Waals surface area contributed by atoms with Crippen molar-refractivity contribution >= 4 is 39.6 Å². The molecule has 0 fully saturated rings. The van der Waals surface area contributed by atoms with Crippen molar-refractivity contribution in [2.45, 2.75) is 0 Å². The predicted molar refractivity (Wildman–Crippen MR) is 76.7 cm³/mol. The molecule has 4 heteroatoms. The van der Waals surface area contributed by atoms with E-state index >= 15 is 0 Å². The van der Waals surface area contributed by atoms with Gasteiger partial charge >= 0.3 is 0 Å². The van der Waals surface area contributed by atoms with Crippen LogP contribution in [0.3, 0.4) is 0 Å². The van der Waals surface area contributed by atoms with E-state index in [4.69, 9.17) is 5.73 Å². The van der Waals surface area contributed by atoms with Crippen LogP contribution in [0.4, 0.5) is 5.69 Å². The van der Waals surface area contributed by atoms with Gasteiger partial charge in [0, 0.05) is 5.69 Å². The minimum atomic E-state index is 0. The molecule has 3 aromatic rings. The van der Waals surface area contributed by atoms with Gasteiger partial charge in [0.05, 0.1) is 15.7 Å². The summed E-state index contributed by atoms with van der Waals surface area (Å²) in [6.07, 6.45) is 0. The number of nitrogens with two attached hydrogens (primary N) is 1. The lowest BCUT2D eigenvalue weighted by Crippen LogP contribution is -1.84. The molecule has 0 aliphatic heterocycles. The molecule has 0 aliphatic rings. The number of anilines is 1. The number of hydrogen-bond donors (Lipinski definition) is 1. The summed E-state index contributed by atoms with van der Waals surface area (Å²) in [4.78, 5) is 4.31. The van der Waals surface area contributed by atoms with Crippen molar-refractivity contribution in [2.75, 3.05) is 5.73 Å². The van der Waals surface area contributed by atoms with Gasteiger partial charge in [0.15, 0.2) is 0 Å². The van der Waals surface area contributed by atoms with E-state index in [9.17, 15) is 0 Å². The fourth-order valence-corrected chi connectivity index (χ4v) is 2.41. The molecule has 2 nitrogen and oxygen atoms in total. The molecule has 2 aromatic carbocycles. The molecular weight excluding hydrogens is 252 g/mol. The van der Waals surface area contributed by atoms with E-state index in [1.165, 1.54) is 4.70 Å². The Bertz CT molecular complexity index is 648. The smallest absolute Gasteiger partial charge is 0.0818 e. The number of nitrogen functional groups attached to an aromatic ring is 1. The van der Waals surface area contributed by atoms with Gasteiger partial charge in [-0.15, -0.1) is 23.7 Å². The Balaban J connectivity index is 0.00000108. The topological polar surface area (TPSA) is 38.9 Å². The summed E-state index contributed by atoms with van der Waals surface area (Å²) >= 11 is 1.66. The first-order valence-corrected chi connectivity index (χ1v) is 5.90. The highest BCUT2D eigenvalue weighted by atomic mass is 35.5. The second-order valence-electron chi connectivity index (χ2n) is 3.66. The number of hydrogen-bond acceptors (Lipinski definition) is 3. The van der Waals surface area contributed by atoms with Crippen LogP contribution in [-0.4, -0.2) is 4.98 Å². The molecule has 0 amide bonds. The maximum absolute atomic E-state index is 5.78. The molecule has 17 heavy (non-hydrogen) atoms. The van der Waals surface area contributed by atoms with Crippen LogP contribution in [0.15, 0.2) is 48.0 Å². The van der Waals surface area contributed by atoms with Gasteiger partial charge in [0.1, 0.15) is 0 Å². The third-order valence-corrected chi connectivity index (χ3v) is 3.36. The van der Waals surface area contributed by atoms with Crippen LogP contribution in [0, 0.1) is 0 Å². The first kappa shape index (κ1) is 11.9. The van der Waals surface area contributed by atoms with Crippen molar-refractivity contribution < 1.29 is 0 Å². The van der Waals surface area contributed by atoms with Crippen LogP contribution in [0.1, 0.15) is 0 Å². The SMILES string of the molecule is Cl.Nc1cccc(-c2ccc3scnc3c2)c1. The molecule has 1 heterocycles. The van der Waals surface area contributed by atoms with Crippen molar-refractivity contribution in [2.24, 2.45) is 0 Å². The quantitative estimate of drug-likeness (QED) is 0.674. The Labute approximate surface area is 110 Å². The Morgan fingerprint density at radius 2 is 1.82 bits per heavy atom. The summed E-state index contributed by atoms with van der Waals surface area (Å²) in [6, 6.07) is 14.2. The number of rotatable bonds is 1. The van der Waals surface area contributed by atoms with Crippen LogP contribution in [-0.2, 0) is 0 Å². The van der Waals surface area contributed by atoms with Crippen LogP contribution in [0.25, 0.3) is 21.3 Å².